The second-order valence-electron chi connectivity index (χ2n) is 3.21. The molecule has 0 bridgehead atoms. The van der Waals surface area contributed by atoms with E-state index in [4.69, 9.17) is 9.63 Å². The molecular formula is C9H12F2N2O4. The summed E-state index contributed by atoms with van der Waals surface area (Å²) >= 11 is 0. The van der Waals surface area contributed by atoms with E-state index in [9.17, 15) is 13.6 Å². The number of hydrogen-bond donors (Lipinski definition) is 1. The standard InChI is InChI=1S/C9H12F2N2O4/c10-6(11)5-16-4-3-7-12-8(17-13-7)1-2-9(14)15/h6H,1-5H2,(H,14,15). The SMILES string of the molecule is O=C(O)CCc1nc(CCOCC(F)F)no1. The monoisotopic (exact) mass is 250 g/mol. The molecule has 0 radical (unpaired) electrons. The predicted molar refractivity (Wildman–Crippen MR) is 50.8 cm³/mol. The number of hydrogen-bond acceptors (Lipinski definition) is 5. The fraction of sp³-hybridized carbons (Fsp3) is 0.667. The molecule has 1 N–H and O–H groups in total. The zero-order chi connectivity index (χ0) is 12.7. The van der Waals surface area contributed by atoms with Gasteiger partial charge in [-0.15, -0.1) is 0 Å². The Balaban J connectivity index is 2.23. The van der Waals surface area contributed by atoms with Crippen LogP contribution in [0.5, 0.6) is 0 Å². The summed E-state index contributed by atoms with van der Waals surface area (Å²) in [7, 11) is 0. The van der Waals surface area contributed by atoms with Crippen molar-refractivity contribution in [2.24, 2.45) is 0 Å². The molecule has 0 atom stereocenters. The number of aromatic nitrogens is 2. The van der Waals surface area contributed by atoms with Gasteiger partial charge in [0.2, 0.25) is 5.89 Å². The molecule has 0 unspecified atom stereocenters. The third-order valence-electron chi connectivity index (χ3n) is 1.78. The van der Waals surface area contributed by atoms with E-state index in [0.29, 0.717) is 5.82 Å². The first-order chi connectivity index (χ1) is 8.08. The van der Waals surface area contributed by atoms with Gasteiger partial charge in [-0.3, -0.25) is 4.79 Å². The molecule has 17 heavy (non-hydrogen) atoms. The first-order valence-electron chi connectivity index (χ1n) is 4.97. The maximum absolute atomic E-state index is 11.7. The quantitative estimate of drug-likeness (QED) is 0.690. The highest BCUT2D eigenvalue weighted by molar-refractivity contribution is 5.66. The van der Waals surface area contributed by atoms with Crippen LogP contribution in [-0.4, -0.2) is 40.9 Å². The Morgan fingerprint density at radius 1 is 1.47 bits per heavy atom. The molecule has 96 valence electrons. The van der Waals surface area contributed by atoms with Gasteiger partial charge in [0.05, 0.1) is 13.0 Å². The Morgan fingerprint density at radius 2 is 2.24 bits per heavy atom. The lowest BCUT2D eigenvalue weighted by Crippen LogP contribution is -2.07. The highest BCUT2D eigenvalue weighted by Crippen LogP contribution is 2.02. The minimum Gasteiger partial charge on any atom is -0.481 e. The third kappa shape index (κ3) is 5.91. The summed E-state index contributed by atoms with van der Waals surface area (Å²) in [6.45, 7) is -0.550. The molecule has 1 aromatic heterocycles. The molecule has 6 nitrogen and oxygen atoms in total. The molecule has 0 aliphatic rings. The van der Waals surface area contributed by atoms with Crippen LogP contribution >= 0.6 is 0 Å². The second kappa shape index (κ2) is 6.89. The number of carbonyl (C=O) groups is 1. The van der Waals surface area contributed by atoms with Crippen LogP contribution in [0.3, 0.4) is 0 Å². The maximum atomic E-state index is 11.7. The van der Waals surface area contributed by atoms with Crippen molar-refractivity contribution in [1.29, 1.82) is 0 Å². The van der Waals surface area contributed by atoms with Gasteiger partial charge in [-0.05, 0) is 0 Å². The molecule has 1 heterocycles. The Hall–Kier alpha value is -1.57. The van der Waals surface area contributed by atoms with Crippen LogP contribution in [0.4, 0.5) is 8.78 Å². The summed E-state index contributed by atoms with van der Waals surface area (Å²) in [6, 6.07) is 0. The summed E-state index contributed by atoms with van der Waals surface area (Å²) in [5.74, 6) is -0.416. The average Bonchev–Trinajstić information content (AvgIpc) is 2.69. The first-order valence-corrected chi connectivity index (χ1v) is 4.97. The van der Waals surface area contributed by atoms with E-state index in [0.717, 1.165) is 0 Å². The van der Waals surface area contributed by atoms with Gasteiger partial charge in [0.15, 0.2) is 5.82 Å². The van der Waals surface area contributed by atoms with Crippen molar-refractivity contribution in [2.45, 2.75) is 25.7 Å². The molecule has 0 aliphatic heterocycles. The zero-order valence-corrected chi connectivity index (χ0v) is 8.94. The zero-order valence-electron chi connectivity index (χ0n) is 8.94. The molecule has 1 aromatic rings. The highest BCUT2D eigenvalue weighted by atomic mass is 19.3. The summed E-state index contributed by atoms with van der Waals surface area (Å²) < 4.78 is 32.8. The van der Waals surface area contributed by atoms with Crippen molar-refractivity contribution < 1.29 is 27.9 Å². The Labute approximate surface area is 95.6 Å². The van der Waals surface area contributed by atoms with E-state index in [2.05, 4.69) is 14.9 Å². The number of alkyl halides is 2. The normalized spacial score (nSPS) is 11.0. The van der Waals surface area contributed by atoms with Crippen LogP contribution in [0.2, 0.25) is 0 Å². The van der Waals surface area contributed by atoms with Crippen LogP contribution < -0.4 is 0 Å². The second-order valence-corrected chi connectivity index (χ2v) is 3.21. The number of aliphatic carboxylic acids is 1. The number of carboxylic acid groups (broad SMARTS) is 1. The van der Waals surface area contributed by atoms with Crippen LogP contribution in [-0.2, 0) is 22.4 Å². The van der Waals surface area contributed by atoms with Gasteiger partial charge in [0.1, 0.15) is 6.61 Å². The molecule has 0 aliphatic carbocycles. The molecule has 0 aromatic carbocycles. The van der Waals surface area contributed by atoms with Crippen molar-refractivity contribution in [1.82, 2.24) is 10.1 Å². The van der Waals surface area contributed by atoms with E-state index < -0.39 is 19.0 Å². The molecule has 0 fully saturated rings. The molecule has 8 heteroatoms. The predicted octanol–water partition coefficient (Wildman–Crippen LogP) is 0.911. The fourth-order valence-corrected chi connectivity index (χ4v) is 1.04. The first kappa shape index (κ1) is 13.5. The minimum atomic E-state index is -2.49. The lowest BCUT2D eigenvalue weighted by molar-refractivity contribution is -0.137. The number of rotatable bonds is 8. The number of halogens is 2. The third-order valence-corrected chi connectivity index (χ3v) is 1.78. The van der Waals surface area contributed by atoms with Gasteiger partial charge in [-0.25, -0.2) is 8.78 Å². The van der Waals surface area contributed by atoms with Crippen molar-refractivity contribution in [2.75, 3.05) is 13.2 Å². The van der Waals surface area contributed by atoms with Gasteiger partial charge in [0.25, 0.3) is 6.43 Å². The number of carboxylic acids is 1. The van der Waals surface area contributed by atoms with Crippen molar-refractivity contribution in [3.05, 3.63) is 11.7 Å². The number of nitrogens with zero attached hydrogens (tertiary/aromatic N) is 2. The lowest BCUT2D eigenvalue weighted by Gasteiger charge is -1.99. The summed E-state index contributed by atoms with van der Waals surface area (Å²) in [4.78, 5) is 14.2. The Kier molecular flexibility index (Phi) is 5.47. The van der Waals surface area contributed by atoms with Gasteiger partial charge in [-0.2, -0.15) is 4.98 Å². The molecule has 1 rings (SSSR count). The van der Waals surface area contributed by atoms with Gasteiger partial charge < -0.3 is 14.4 Å². The molecule has 0 amide bonds. The van der Waals surface area contributed by atoms with Crippen LogP contribution in [0.25, 0.3) is 0 Å². The average molecular weight is 250 g/mol. The van der Waals surface area contributed by atoms with E-state index >= 15 is 0 Å². The maximum Gasteiger partial charge on any atom is 0.303 e. The molecule has 0 saturated carbocycles. The van der Waals surface area contributed by atoms with Crippen LogP contribution in [0.1, 0.15) is 18.1 Å². The summed E-state index contributed by atoms with van der Waals surface area (Å²) in [5.41, 5.74) is 0. The van der Waals surface area contributed by atoms with E-state index in [1.165, 1.54) is 0 Å². The molecule has 0 saturated heterocycles. The highest BCUT2D eigenvalue weighted by Gasteiger charge is 2.08. The Morgan fingerprint density at radius 3 is 2.88 bits per heavy atom. The lowest BCUT2D eigenvalue weighted by atomic mass is 10.3. The van der Waals surface area contributed by atoms with E-state index in [1.54, 1.807) is 0 Å². The summed E-state index contributed by atoms with van der Waals surface area (Å²) in [5, 5.41) is 12.0. The molecule has 0 spiro atoms. The van der Waals surface area contributed by atoms with Crippen molar-refractivity contribution >= 4 is 5.97 Å². The van der Waals surface area contributed by atoms with Crippen molar-refractivity contribution in [3.63, 3.8) is 0 Å². The topological polar surface area (TPSA) is 85.5 Å². The van der Waals surface area contributed by atoms with Crippen LogP contribution in [0.15, 0.2) is 4.52 Å². The fourth-order valence-electron chi connectivity index (χ4n) is 1.04. The number of aryl methyl sites for hydroxylation is 1. The van der Waals surface area contributed by atoms with Gasteiger partial charge in [0, 0.05) is 12.8 Å². The van der Waals surface area contributed by atoms with Gasteiger partial charge in [-0.1, -0.05) is 5.16 Å². The summed E-state index contributed by atoms with van der Waals surface area (Å²) in [6.07, 6.45) is -2.18. The van der Waals surface area contributed by atoms with Crippen LogP contribution in [0, 0.1) is 0 Å². The minimum absolute atomic E-state index is 0.0717. The van der Waals surface area contributed by atoms with Crippen molar-refractivity contribution in [3.8, 4) is 0 Å². The van der Waals surface area contributed by atoms with E-state index in [1.807, 2.05) is 0 Å². The number of ether oxygens (including phenoxy) is 1. The molecular weight excluding hydrogens is 238 g/mol. The largest absolute Gasteiger partial charge is 0.481 e. The Bertz CT molecular complexity index is 357. The van der Waals surface area contributed by atoms with Gasteiger partial charge >= 0.3 is 5.97 Å². The van der Waals surface area contributed by atoms with E-state index in [-0.39, 0.29) is 31.8 Å². The smallest absolute Gasteiger partial charge is 0.303 e.